The van der Waals surface area contributed by atoms with Crippen molar-refractivity contribution >= 4 is 40.7 Å². The second-order valence-electron chi connectivity index (χ2n) is 10.1. The van der Waals surface area contributed by atoms with Crippen LogP contribution in [0.25, 0.3) is 0 Å². The van der Waals surface area contributed by atoms with Crippen LogP contribution in [0.5, 0.6) is 0 Å². The highest BCUT2D eigenvalue weighted by atomic mass is 35.5. The zero-order chi connectivity index (χ0) is 27.3. The number of rotatable bonds is 8. The van der Waals surface area contributed by atoms with Gasteiger partial charge in [-0.05, 0) is 25.0 Å². The van der Waals surface area contributed by atoms with E-state index in [-0.39, 0.29) is 40.8 Å². The third kappa shape index (κ3) is 4.53. The van der Waals surface area contributed by atoms with Gasteiger partial charge in [0.2, 0.25) is 0 Å². The number of amidine groups is 1. The molecule has 1 saturated carbocycles. The van der Waals surface area contributed by atoms with E-state index < -0.39 is 23.8 Å². The molecule has 2 saturated heterocycles. The fraction of sp³-hybridized carbons (Fsp3) is 0.462. The number of likely N-dealkylation sites (tertiary alicyclic amines) is 1. The molecule has 13 heteroatoms. The fourth-order valence-corrected chi connectivity index (χ4v) is 7.34. The molecule has 1 aliphatic carbocycles. The van der Waals surface area contributed by atoms with E-state index in [1.54, 1.807) is 6.20 Å². The molecule has 3 fully saturated rings. The van der Waals surface area contributed by atoms with Crippen molar-refractivity contribution in [2.45, 2.75) is 37.1 Å². The van der Waals surface area contributed by atoms with Crippen LogP contribution in [0.2, 0.25) is 5.02 Å². The molecular formula is C26H26ClFN4O6S. The van der Waals surface area contributed by atoms with Gasteiger partial charge in [0.25, 0.3) is 0 Å². The van der Waals surface area contributed by atoms with Crippen LogP contribution in [0.3, 0.4) is 0 Å². The molecule has 4 aliphatic rings. The number of carbonyl (C=O) groups excluding carboxylic acids is 1. The van der Waals surface area contributed by atoms with Crippen LogP contribution in [0.15, 0.2) is 46.0 Å². The smallest absolute Gasteiger partial charge is 0.338 e. The summed E-state index contributed by atoms with van der Waals surface area (Å²) in [4.78, 5) is 35.8. The molecule has 3 aliphatic heterocycles. The van der Waals surface area contributed by atoms with Gasteiger partial charge in [-0.25, -0.2) is 19.0 Å². The van der Waals surface area contributed by atoms with Crippen molar-refractivity contribution in [3.63, 3.8) is 0 Å². The minimum atomic E-state index is -0.999. The summed E-state index contributed by atoms with van der Waals surface area (Å²) in [6.07, 6.45) is 2.86. The van der Waals surface area contributed by atoms with Gasteiger partial charge >= 0.3 is 11.9 Å². The monoisotopic (exact) mass is 576 g/mol. The van der Waals surface area contributed by atoms with Crippen molar-refractivity contribution in [1.82, 2.24) is 15.2 Å². The van der Waals surface area contributed by atoms with Gasteiger partial charge in [-0.3, -0.25) is 9.89 Å². The van der Waals surface area contributed by atoms with Crippen molar-refractivity contribution in [2.24, 2.45) is 10.4 Å². The average molecular weight is 577 g/mol. The Morgan fingerprint density at radius 1 is 1.38 bits per heavy atom. The Balaban J connectivity index is 1.37. The standard InChI is InChI=1S/C26H26ClFN4O6S/c1-36-25(35)21-17(9-32-18-7-14(38-11-20(33)34)8-26(18)12-37-10-19(26)32)30-23(24-29-4-5-39-24)31-22(21)15-3-2-13(28)6-16(15)27/h2-6,14,18-19,22H,7-12H2,1H3,(H,30,31)(H,33,34)/t14?,18?,19?,22-,26?/m0/s1. The largest absolute Gasteiger partial charge is 0.480 e. The van der Waals surface area contributed by atoms with Crippen molar-refractivity contribution < 1.29 is 33.3 Å². The zero-order valence-corrected chi connectivity index (χ0v) is 22.5. The minimum absolute atomic E-state index is 0.0872. The molecule has 0 bridgehead atoms. The number of thiazole rings is 1. The molecule has 2 aromatic rings. The van der Waals surface area contributed by atoms with Gasteiger partial charge in [-0.2, -0.15) is 0 Å². The summed E-state index contributed by atoms with van der Waals surface area (Å²) in [7, 11) is 1.30. The Bertz CT molecular complexity index is 1370. The quantitative estimate of drug-likeness (QED) is 0.457. The summed E-state index contributed by atoms with van der Waals surface area (Å²) in [6, 6.07) is 3.34. The predicted octanol–water partition coefficient (Wildman–Crippen LogP) is 2.79. The molecule has 1 aromatic carbocycles. The van der Waals surface area contributed by atoms with E-state index in [2.05, 4.69) is 15.2 Å². The Morgan fingerprint density at radius 2 is 2.23 bits per heavy atom. The topological polar surface area (TPSA) is 123 Å². The molecule has 4 unspecified atom stereocenters. The molecular weight excluding hydrogens is 551 g/mol. The van der Waals surface area contributed by atoms with Crippen LogP contribution in [-0.2, 0) is 23.8 Å². The van der Waals surface area contributed by atoms with E-state index in [9.17, 15) is 14.0 Å². The van der Waals surface area contributed by atoms with Crippen molar-refractivity contribution in [1.29, 1.82) is 0 Å². The van der Waals surface area contributed by atoms with Gasteiger partial charge < -0.3 is 24.6 Å². The summed E-state index contributed by atoms with van der Waals surface area (Å²) in [5, 5.41) is 15.0. The van der Waals surface area contributed by atoms with Gasteiger partial charge in [0.15, 0.2) is 10.8 Å². The minimum Gasteiger partial charge on any atom is -0.480 e. The number of aromatic nitrogens is 1. The Hall–Kier alpha value is -2.90. The van der Waals surface area contributed by atoms with E-state index in [1.807, 2.05) is 5.38 Å². The summed E-state index contributed by atoms with van der Waals surface area (Å²) < 4.78 is 30.7. The van der Waals surface area contributed by atoms with Crippen LogP contribution in [0.4, 0.5) is 4.39 Å². The van der Waals surface area contributed by atoms with Crippen LogP contribution in [0, 0.1) is 11.2 Å². The maximum atomic E-state index is 13.9. The summed E-state index contributed by atoms with van der Waals surface area (Å²) in [5.74, 6) is -1.60. The lowest BCUT2D eigenvalue weighted by Gasteiger charge is -2.57. The van der Waals surface area contributed by atoms with Crippen LogP contribution in [0.1, 0.15) is 29.5 Å². The number of ether oxygens (including phenoxy) is 3. The molecule has 1 aromatic heterocycles. The zero-order valence-electron chi connectivity index (χ0n) is 20.9. The SMILES string of the molecule is COC(=O)C1=C(CN2C3COCC34CC(OCC(=O)O)CC24)NC(c2nccs2)=N[C@H]1c1ccc(F)cc1Cl. The first-order chi connectivity index (χ1) is 18.8. The Morgan fingerprint density at radius 3 is 2.95 bits per heavy atom. The predicted molar refractivity (Wildman–Crippen MR) is 139 cm³/mol. The van der Waals surface area contributed by atoms with Crippen LogP contribution < -0.4 is 5.32 Å². The number of benzene rings is 1. The number of hydrogen-bond acceptors (Lipinski definition) is 10. The average Bonchev–Trinajstić information content (AvgIpc) is 3.64. The maximum absolute atomic E-state index is 13.9. The molecule has 0 amide bonds. The van der Waals surface area contributed by atoms with E-state index in [0.717, 1.165) is 6.42 Å². The number of aliphatic carboxylic acids is 1. The molecule has 10 nitrogen and oxygen atoms in total. The third-order valence-corrected chi connectivity index (χ3v) is 9.18. The number of hydrogen-bond donors (Lipinski definition) is 2. The molecule has 4 heterocycles. The van der Waals surface area contributed by atoms with Crippen molar-refractivity contribution in [2.75, 3.05) is 33.5 Å². The number of nitrogens with one attached hydrogen (secondary N) is 1. The molecule has 206 valence electrons. The first-order valence-electron chi connectivity index (χ1n) is 12.5. The number of carboxylic acid groups (broad SMARTS) is 1. The van der Waals surface area contributed by atoms with E-state index in [4.69, 9.17) is 35.9 Å². The fourth-order valence-electron chi connectivity index (χ4n) is 6.48. The first-order valence-corrected chi connectivity index (χ1v) is 13.7. The lowest BCUT2D eigenvalue weighted by molar-refractivity contribution is -0.144. The number of carboxylic acids is 1. The first kappa shape index (κ1) is 26.3. The number of halogens is 2. The molecule has 1 spiro atoms. The molecule has 2 N–H and O–H groups in total. The lowest BCUT2D eigenvalue weighted by atomic mass is 9.68. The number of aliphatic imine (C=N–C) groups is 1. The number of esters is 1. The van der Waals surface area contributed by atoms with Gasteiger partial charge in [0.05, 0.1) is 32.0 Å². The summed E-state index contributed by atoms with van der Waals surface area (Å²) >= 11 is 7.85. The van der Waals surface area contributed by atoms with Crippen LogP contribution >= 0.6 is 22.9 Å². The summed E-state index contributed by atoms with van der Waals surface area (Å²) in [6.45, 7) is 1.13. The molecule has 6 rings (SSSR count). The van der Waals surface area contributed by atoms with E-state index in [1.165, 1.54) is 36.6 Å². The van der Waals surface area contributed by atoms with Crippen molar-refractivity contribution in [3.8, 4) is 0 Å². The van der Waals surface area contributed by atoms with E-state index in [0.29, 0.717) is 48.3 Å². The van der Waals surface area contributed by atoms with Gasteiger partial charge in [0.1, 0.15) is 18.5 Å². The summed E-state index contributed by atoms with van der Waals surface area (Å²) in [5.41, 5.74) is 1.22. The van der Waals surface area contributed by atoms with Gasteiger partial charge in [0, 0.05) is 51.9 Å². The normalized spacial score (nSPS) is 29.8. The molecule has 39 heavy (non-hydrogen) atoms. The Labute approximate surface area is 232 Å². The van der Waals surface area contributed by atoms with Crippen molar-refractivity contribution in [3.05, 3.63) is 62.5 Å². The molecule has 5 atom stereocenters. The second kappa shape index (κ2) is 10.3. The number of methoxy groups -OCH3 is 1. The highest BCUT2D eigenvalue weighted by molar-refractivity contribution is 7.11. The lowest BCUT2D eigenvalue weighted by Crippen LogP contribution is -2.69. The highest BCUT2D eigenvalue weighted by Gasteiger charge is 2.67. The third-order valence-electron chi connectivity index (χ3n) is 8.07. The van der Waals surface area contributed by atoms with Gasteiger partial charge in [-0.1, -0.05) is 17.7 Å². The van der Waals surface area contributed by atoms with Crippen LogP contribution in [-0.4, -0.2) is 84.4 Å². The molecule has 0 radical (unpaired) electrons. The maximum Gasteiger partial charge on any atom is 0.338 e. The van der Waals surface area contributed by atoms with E-state index >= 15 is 0 Å². The second-order valence-corrected chi connectivity index (χ2v) is 11.4. The highest BCUT2D eigenvalue weighted by Crippen LogP contribution is 2.58. The number of carbonyl (C=O) groups is 2. The van der Waals surface area contributed by atoms with Gasteiger partial charge in [-0.15, -0.1) is 11.3 Å². The number of nitrogens with zero attached hydrogens (tertiary/aromatic N) is 3. The Kier molecular flexibility index (Phi) is 6.92.